The van der Waals surface area contributed by atoms with Crippen LogP contribution in [0.5, 0.6) is 0 Å². The van der Waals surface area contributed by atoms with Crippen molar-refractivity contribution in [2.45, 2.75) is 61.5 Å². The molecule has 0 unspecified atom stereocenters. The summed E-state index contributed by atoms with van der Waals surface area (Å²) in [6, 6.07) is 8.63. The first kappa shape index (κ1) is 20.8. The largest absolute Gasteiger partial charge is 0.457 e. The second-order valence-electron chi connectivity index (χ2n) is 8.36. The summed E-state index contributed by atoms with van der Waals surface area (Å²) in [6.45, 7) is 16.3. The molecule has 4 nitrogen and oxygen atoms in total. The highest BCUT2D eigenvalue weighted by molar-refractivity contribution is 5.88. The summed E-state index contributed by atoms with van der Waals surface area (Å²) in [5.74, 6) is -0.319. The van der Waals surface area contributed by atoms with Gasteiger partial charge in [-0.3, -0.25) is 0 Å². The van der Waals surface area contributed by atoms with Gasteiger partial charge in [-0.1, -0.05) is 35.4 Å². The number of ether oxygens (including phenoxy) is 1. The van der Waals surface area contributed by atoms with Crippen molar-refractivity contribution < 1.29 is 14.1 Å². The fourth-order valence-electron chi connectivity index (χ4n) is 4.27. The summed E-state index contributed by atoms with van der Waals surface area (Å²) < 4.78 is 9.56. The summed E-state index contributed by atoms with van der Waals surface area (Å²) in [7, 11) is 0. The number of nitrogens with zero attached hydrogens (tertiary/aromatic N) is 2. The van der Waals surface area contributed by atoms with Crippen LogP contribution in [-0.4, -0.2) is 16.6 Å². The fourth-order valence-corrected chi connectivity index (χ4v) is 4.27. The molecule has 29 heavy (non-hydrogen) atoms. The van der Waals surface area contributed by atoms with E-state index < -0.39 is 0 Å². The first-order valence-electron chi connectivity index (χ1n) is 10.1. The maximum Gasteiger partial charge on any atom is 0.383 e. The molecule has 0 saturated heterocycles. The third kappa shape index (κ3) is 4.12. The van der Waals surface area contributed by atoms with E-state index >= 15 is 0 Å². The summed E-state index contributed by atoms with van der Waals surface area (Å²) >= 11 is 0. The van der Waals surface area contributed by atoms with Crippen molar-refractivity contribution in [3.63, 3.8) is 0 Å². The lowest BCUT2D eigenvalue weighted by molar-refractivity contribution is -0.595. The van der Waals surface area contributed by atoms with Crippen molar-refractivity contribution in [3.05, 3.63) is 75.9 Å². The third-order valence-corrected chi connectivity index (χ3v) is 5.08. The topological polar surface area (TPSA) is 35.1 Å². The van der Waals surface area contributed by atoms with E-state index in [4.69, 9.17) is 4.74 Å². The van der Waals surface area contributed by atoms with E-state index in [0.717, 1.165) is 22.5 Å². The van der Waals surface area contributed by atoms with Crippen LogP contribution in [0.1, 0.15) is 57.7 Å². The fraction of sp³-hybridized carbons (Fsp3) is 0.360. The van der Waals surface area contributed by atoms with E-state index in [1.165, 1.54) is 22.3 Å². The van der Waals surface area contributed by atoms with E-state index in [2.05, 4.69) is 65.8 Å². The Labute approximate surface area is 173 Å². The zero-order chi connectivity index (χ0) is 21.5. The maximum absolute atomic E-state index is 13.0. The summed E-state index contributed by atoms with van der Waals surface area (Å²) in [4.78, 5) is 13.0. The SMILES string of the molecule is Cc1cc(C)c(-n2c[n+](-c3c(C)cc(C)cc3C)cc2C(=O)OC(C)C)c(C)c1. The third-order valence-electron chi connectivity index (χ3n) is 5.08. The average Bonchev–Trinajstić information content (AvgIpc) is 2.96. The quantitative estimate of drug-likeness (QED) is 0.454. The van der Waals surface area contributed by atoms with E-state index in [9.17, 15) is 4.79 Å². The predicted molar refractivity (Wildman–Crippen MR) is 116 cm³/mol. The zero-order valence-corrected chi connectivity index (χ0v) is 18.8. The van der Waals surface area contributed by atoms with E-state index in [-0.39, 0.29) is 12.1 Å². The highest BCUT2D eigenvalue weighted by atomic mass is 16.5. The normalized spacial score (nSPS) is 11.2. The number of rotatable bonds is 4. The van der Waals surface area contributed by atoms with Crippen LogP contribution in [0.3, 0.4) is 0 Å². The standard InChI is InChI=1S/C25H31N2O2/c1-15(2)29-25(28)22-13-26(23-18(5)9-16(3)10-19(23)6)14-27(22)24-20(7)11-17(4)12-21(24)8/h9-15H,1-8H3/q+1. The van der Waals surface area contributed by atoms with Gasteiger partial charge in [0.2, 0.25) is 0 Å². The molecule has 3 aromatic rings. The Hall–Kier alpha value is -2.88. The molecule has 0 bridgehead atoms. The highest BCUT2D eigenvalue weighted by Gasteiger charge is 2.28. The second kappa shape index (κ2) is 7.86. The number of aromatic nitrogens is 2. The van der Waals surface area contributed by atoms with Crippen molar-refractivity contribution in [2.24, 2.45) is 0 Å². The highest BCUT2D eigenvalue weighted by Crippen LogP contribution is 2.24. The zero-order valence-electron chi connectivity index (χ0n) is 18.8. The Bertz CT molecular complexity index is 1040. The molecule has 0 radical (unpaired) electrons. The molecule has 0 amide bonds. The molecule has 0 atom stereocenters. The van der Waals surface area contributed by atoms with Crippen molar-refractivity contribution in [2.75, 3.05) is 0 Å². The average molecular weight is 392 g/mol. The molecule has 4 heteroatoms. The molecule has 152 valence electrons. The van der Waals surface area contributed by atoms with Crippen LogP contribution in [0.25, 0.3) is 11.4 Å². The minimum absolute atomic E-state index is 0.178. The van der Waals surface area contributed by atoms with Gasteiger partial charge in [-0.15, -0.1) is 0 Å². The van der Waals surface area contributed by atoms with Crippen molar-refractivity contribution in [3.8, 4) is 11.4 Å². The molecular weight excluding hydrogens is 360 g/mol. The predicted octanol–water partition coefficient (Wildman–Crippen LogP) is 5.17. The van der Waals surface area contributed by atoms with Crippen molar-refractivity contribution in [1.82, 2.24) is 4.57 Å². The molecule has 0 aliphatic heterocycles. The smallest absolute Gasteiger partial charge is 0.383 e. The molecule has 1 aromatic heterocycles. The van der Waals surface area contributed by atoms with Crippen LogP contribution in [0.2, 0.25) is 0 Å². The van der Waals surface area contributed by atoms with Crippen LogP contribution >= 0.6 is 0 Å². The Morgan fingerprint density at radius 1 is 0.862 bits per heavy atom. The van der Waals surface area contributed by atoms with Crippen molar-refractivity contribution >= 4 is 5.97 Å². The summed E-state index contributed by atoms with van der Waals surface area (Å²) in [6.07, 6.45) is 3.70. The number of aryl methyl sites for hydroxylation is 6. The Balaban J connectivity index is 2.28. The van der Waals surface area contributed by atoms with E-state index in [1.54, 1.807) is 0 Å². The van der Waals surface area contributed by atoms with Crippen LogP contribution in [0.15, 0.2) is 36.8 Å². The lowest BCUT2D eigenvalue weighted by Gasteiger charge is -2.10. The van der Waals surface area contributed by atoms with Crippen LogP contribution in [0, 0.1) is 41.5 Å². The number of carbonyl (C=O) groups is 1. The van der Waals surface area contributed by atoms with Gasteiger partial charge in [0.25, 0.3) is 12.0 Å². The molecule has 0 N–H and O–H groups in total. The van der Waals surface area contributed by atoms with Gasteiger partial charge in [0.15, 0.2) is 6.20 Å². The lowest BCUT2D eigenvalue weighted by Crippen LogP contribution is -2.30. The molecule has 2 aromatic carbocycles. The molecule has 0 aliphatic rings. The lowest BCUT2D eigenvalue weighted by atomic mass is 10.0. The van der Waals surface area contributed by atoms with Crippen LogP contribution < -0.4 is 4.57 Å². The molecular formula is C25H31N2O2+. The van der Waals surface area contributed by atoms with Gasteiger partial charge >= 0.3 is 5.97 Å². The van der Waals surface area contributed by atoms with Gasteiger partial charge in [-0.05, 0) is 77.6 Å². The molecule has 0 spiro atoms. The summed E-state index contributed by atoms with van der Waals surface area (Å²) in [5, 5.41) is 0. The van der Waals surface area contributed by atoms with Crippen molar-refractivity contribution in [1.29, 1.82) is 0 Å². The van der Waals surface area contributed by atoms with Gasteiger partial charge in [0, 0.05) is 0 Å². The maximum atomic E-state index is 13.0. The van der Waals surface area contributed by atoms with E-state index in [0.29, 0.717) is 5.69 Å². The minimum Gasteiger partial charge on any atom is -0.457 e. The van der Waals surface area contributed by atoms with Crippen LogP contribution in [0.4, 0.5) is 0 Å². The van der Waals surface area contributed by atoms with Gasteiger partial charge in [0.05, 0.1) is 6.10 Å². The molecule has 0 saturated carbocycles. The molecule has 0 fully saturated rings. The monoisotopic (exact) mass is 391 g/mol. The Morgan fingerprint density at radius 3 is 1.83 bits per heavy atom. The number of benzene rings is 2. The minimum atomic E-state index is -0.319. The first-order valence-corrected chi connectivity index (χ1v) is 10.1. The molecule has 3 rings (SSSR count). The Morgan fingerprint density at radius 2 is 1.34 bits per heavy atom. The Kier molecular flexibility index (Phi) is 5.65. The number of hydrogen-bond acceptors (Lipinski definition) is 2. The molecule has 1 heterocycles. The number of carbonyl (C=O) groups excluding carboxylic acids is 1. The van der Waals surface area contributed by atoms with E-state index in [1.807, 2.05) is 35.5 Å². The van der Waals surface area contributed by atoms with Crippen LogP contribution in [-0.2, 0) is 4.74 Å². The number of imidazole rings is 1. The van der Waals surface area contributed by atoms with Gasteiger partial charge in [-0.2, -0.15) is 4.57 Å². The number of esters is 1. The number of hydrogen-bond donors (Lipinski definition) is 0. The summed E-state index contributed by atoms with van der Waals surface area (Å²) in [5.41, 5.74) is 9.67. The second-order valence-corrected chi connectivity index (χ2v) is 8.36. The molecule has 0 aliphatic carbocycles. The van der Waals surface area contributed by atoms with Gasteiger partial charge in [0.1, 0.15) is 11.4 Å². The van der Waals surface area contributed by atoms with Gasteiger partial charge < -0.3 is 4.74 Å². The van der Waals surface area contributed by atoms with Gasteiger partial charge in [-0.25, -0.2) is 9.36 Å². The first-order chi connectivity index (χ1) is 13.6.